The molecule has 0 bridgehead atoms. The highest BCUT2D eigenvalue weighted by Crippen LogP contribution is 2.40. The zero-order chi connectivity index (χ0) is 25.9. The average molecular weight is 502 g/mol. The van der Waals surface area contributed by atoms with Crippen LogP contribution in [0.4, 0.5) is 0 Å². The molecule has 0 saturated heterocycles. The van der Waals surface area contributed by atoms with Crippen LogP contribution in [0.1, 0.15) is 5.56 Å². The molecule has 0 aliphatic carbocycles. The highest BCUT2D eigenvalue weighted by Gasteiger charge is 2.20. The van der Waals surface area contributed by atoms with E-state index in [0.29, 0.717) is 5.95 Å². The summed E-state index contributed by atoms with van der Waals surface area (Å²) in [4.78, 5) is 13.2. The van der Waals surface area contributed by atoms with Crippen molar-refractivity contribution >= 4 is 43.6 Å². The van der Waals surface area contributed by atoms with Gasteiger partial charge in [0.2, 0.25) is 5.95 Å². The standard InChI is InChI=1S/C34H23N5/c1-22-12-14-30-26(16-22)28-18-29-27-17-24(23-8-4-2-5-9-23)13-15-31(27)39(34-36-20-35-21-37-34)33(29)19-32(28)38(30)25-10-6-3-7-11-25/h2-21H,1H3. The number of para-hydroxylation sites is 1. The first-order valence-corrected chi connectivity index (χ1v) is 13.0. The molecule has 3 heterocycles. The minimum absolute atomic E-state index is 0.607. The van der Waals surface area contributed by atoms with E-state index in [-0.39, 0.29) is 0 Å². The first kappa shape index (κ1) is 21.8. The van der Waals surface area contributed by atoms with Crippen LogP contribution in [0.5, 0.6) is 0 Å². The summed E-state index contributed by atoms with van der Waals surface area (Å²) in [6.07, 6.45) is 3.11. The van der Waals surface area contributed by atoms with Gasteiger partial charge < -0.3 is 4.57 Å². The Bertz CT molecular complexity index is 2160. The van der Waals surface area contributed by atoms with Crippen LogP contribution in [0, 0.1) is 6.92 Å². The van der Waals surface area contributed by atoms with Gasteiger partial charge in [-0.15, -0.1) is 0 Å². The van der Waals surface area contributed by atoms with Crippen LogP contribution in [-0.4, -0.2) is 24.1 Å². The molecule has 0 N–H and O–H groups in total. The monoisotopic (exact) mass is 501 g/mol. The summed E-state index contributed by atoms with van der Waals surface area (Å²) in [6.45, 7) is 2.16. The highest BCUT2D eigenvalue weighted by molar-refractivity contribution is 6.19. The van der Waals surface area contributed by atoms with E-state index in [1.807, 2.05) is 0 Å². The van der Waals surface area contributed by atoms with Crippen molar-refractivity contribution in [3.05, 3.63) is 127 Å². The molecule has 0 radical (unpaired) electrons. The van der Waals surface area contributed by atoms with Crippen LogP contribution in [0.2, 0.25) is 0 Å². The summed E-state index contributed by atoms with van der Waals surface area (Å²) in [6, 6.07) is 39.1. The number of hydrogen-bond acceptors (Lipinski definition) is 3. The molecule has 3 aromatic heterocycles. The molecule has 5 heteroatoms. The third kappa shape index (κ3) is 3.30. The Kier molecular flexibility index (Phi) is 4.67. The lowest BCUT2D eigenvalue weighted by Crippen LogP contribution is -2.01. The van der Waals surface area contributed by atoms with Crippen LogP contribution >= 0.6 is 0 Å². The smallest absolute Gasteiger partial charge is 0.237 e. The van der Waals surface area contributed by atoms with Crippen LogP contribution in [-0.2, 0) is 0 Å². The maximum absolute atomic E-state index is 4.55. The third-order valence-corrected chi connectivity index (χ3v) is 7.61. The first-order valence-electron chi connectivity index (χ1n) is 13.0. The Labute approximate surface area is 224 Å². The normalized spacial score (nSPS) is 11.7. The predicted molar refractivity (Wildman–Crippen MR) is 159 cm³/mol. The Morgan fingerprint density at radius 2 is 1.10 bits per heavy atom. The van der Waals surface area contributed by atoms with Crippen LogP contribution in [0.25, 0.3) is 66.4 Å². The Morgan fingerprint density at radius 1 is 0.487 bits per heavy atom. The Morgan fingerprint density at radius 3 is 1.87 bits per heavy atom. The largest absolute Gasteiger partial charge is 0.309 e. The van der Waals surface area contributed by atoms with Crippen LogP contribution in [0.15, 0.2) is 122 Å². The molecular weight excluding hydrogens is 478 g/mol. The fourth-order valence-electron chi connectivity index (χ4n) is 5.88. The lowest BCUT2D eigenvalue weighted by atomic mass is 10.0. The summed E-state index contributed by atoms with van der Waals surface area (Å²) < 4.78 is 4.51. The quantitative estimate of drug-likeness (QED) is 0.246. The van der Waals surface area contributed by atoms with E-state index in [2.05, 4.69) is 140 Å². The zero-order valence-electron chi connectivity index (χ0n) is 21.3. The van der Waals surface area contributed by atoms with Gasteiger partial charge in [0.1, 0.15) is 12.7 Å². The van der Waals surface area contributed by atoms with Gasteiger partial charge in [-0.1, -0.05) is 66.2 Å². The second-order valence-corrected chi connectivity index (χ2v) is 9.95. The summed E-state index contributed by atoms with van der Waals surface area (Å²) in [5, 5.41) is 4.81. The maximum atomic E-state index is 4.55. The molecule has 0 unspecified atom stereocenters. The number of rotatable bonds is 3. The van der Waals surface area contributed by atoms with Gasteiger partial charge in [0.15, 0.2) is 0 Å². The van der Waals surface area contributed by atoms with Crippen molar-refractivity contribution in [1.82, 2.24) is 24.1 Å². The molecule has 5 nitrogen and oxygen atoms in total. The Balaban J connectivity index is 1.55. The number of hydrogen-bond donors (Lipinski definition) is 0. The van der Waals surface area contributed by atoms with Gasteiger partial charge in [-0.25, -0.2) is 15.0 Å². The molecule has 8 aromatic rings. The second-order valence-electron chi connectivity index (χ2n) is 9.95. The molecule has 39 heavy (non-hydrogen) atoms. The third-order valence-electron chi connectivity index (χ3n) is 7.61. The van der Waals surface area contributed by atoms with Crippen LogP contribution < -0.4 is 0 Å². The van der Waals surface area contributed by atoms with E-state index in [9.17, 15) is 0 Å². The minimum atomic E-state index is 0.607. The molecule has 0 aliphatic rings. The van der Waals surface area contributed by atoms with E-state index in [0.717, 1.165) is 22.2 Å². The van der Waals surface area contributed by atoms with Gasteiger partial charge in [-0.05, 0) is 66.6 Å². The molecule has 184 valence electrons. The molecular formula is C34H23N5. The van der Waals surface area contributed by atoms with Gasteiger partial charge >= 0.3 is 0 Å². The maximum Gasteiger partial charge on any atom is 0.237 e. The van der Waals surface area contributed by atoms with E-state index < -0.39 is 0 Å². The fourth-order valence-corrected chi connectivity index (χ4v) is 5.88. The predicted octanol–water partition coefficient (Wildman–Crippen LogP) is 8.04. The summed E-state index contributed by atoms with van der Waals surface area (Å²) in [5.41, 5.74) is 9.22. The van der Waals surface area contributed by atoms with Gasteiger partial charge in [0, 0.05) is 27.2 Å². The SMILES string of the molecule is Cc1ccc2c(c1)c1cc3c4cc(-c5ccccc5)ccc4n(-c4ncncn4)c3cc1n2-c1ccccc1. The van der Waals surface area contributed by atoms with Crippen LogP contribution in [0.3, 0.4) is 0 Å². The van der Waals surface area contributed by atoms with Crippen molar-refractivity contribution < 1.29 is 0 Å². The number of aromatic nitrogens is 5. The minimum Gasteiger partial charge on any atom is -0.309 e. The lowest BCUT2D eigenvalue weighted by Gasteiger charge is -2.09. The van der Waals surface area contributed by atoms with E-state index in [4.69, 9.17) is 0 Å². The highest BCUT2D eigenvalue weighted by atomic mass is 15.2. The van der Waals surface area contributed by atoms with Crippen molar-refractivity contribution in [3.8, 4) is 22.8 Å². The zero-order valence-corrected chi connectivity index (χ0v) is 21.3. The van der Waals surface area contributed by atoms with Crippen molar-refractivity contribution in [1.29, 1.82) is 0 Å². The fraction of sp³-hybridized carbons (Fsp3) is 0.0294. The molecule has 0 fully saturated rings. The molecule has 0 atom stereocenters. The van der Waals surface area contributed by atoms with Crippen molar-refractivity contribution in [2.24, 2.45) is 0 Å². The second kappa shape index (κ2) is 8.36. The Hall–Kier alpha value is -5.29. The van der Waals surface area contributed by atoms with Gasteiger partial charge in [0.25, 0.3) is 0 Å². The van der Waals surface area contributed by atoms with E-state index >= 15 is 0 Å². The number of fused-ring (bicyclic) bond motifs is 6. The first-order chi connectivity index (χ1) is 19.3. The lowest BCUT2D eigenvalue weighted by molar-refractivity contribution is 0.940. The van der Waals surface area contributed by atoms with Gasteiger partial charge in [-0.2, -0.15) is 0 Å². The van der Waals surface area contributed by atoms with Crippen molar-refractivity contribution in [3.63, 3.8) is 0 Å². The van der Waals surface area contributed by atoms with Crippen molar-refractivity contribution in [2.45, 2.75) is 6.92 Å². The summed E-state index contributed by atoms with van der Waals surface area (Å²) in [5.74, 6) is 0.607. The van der Waals surface area contributed by atoms with E-state index in [1.165, 1.54) is 43.8 Å². The molecule has 0 spiro atoms. The van der Waals surface area contributed by atoms with Gasteiger partial charge in [-0.3, -0.25) is 4.57 Å². The van der Waals surface area contributed by atoms with E-state index in [1.54, 1.807) is 12.7 Å². The molecule has 0 saturated carbocycles. The number of nitrogens with zero attached hydrogens (tertiary/aromatic N) is 5. The topological polar surface area (TPSA) is 48.5 Å². The van der Waals surface area contributed by atoms with Crippen molar-refractivity contribution in [2.75, 3.05) is 0 Å². The summed E-state index contributed by atoms with van der Waals surface area (Å²) in [7, 11) is 0. The molecule has 8 rings (SSSR count). The average Bonchev–Trinajstić information content (AvgIpc) is 3.48. The van der Waals surface area contributed by atoms with Gasteiger partial charge in [0.05, 0.1) is 22.1 Å². The number of aryl methyl sites for hydroxylation is 1. The molecule has 0 amide bonds. The molecule has 5 aromatic carbocycles. The molecule has 0 aliphatic heterocycles. The summed E-state index contributed by atoms with van der Waals surface area (Å²) >= 11 is 0. The number of benzene rings is 5.